The molecule has 6 heteroatoms. The molecule has 0 saturated carbocycles. The van der Waals surface area contributed by atoms with Crippen molar-refractivity contribution >= 4 is 0 Å². The molecule has 0 unspecified atom stereocenters. The standard InChI is InChI=1S/C7H6F3NO2/c1-13-3-2-4(12)11-7(10)5(3)6(8)9/h2,6H,1H3,(H,11,12). The van der Waals surface area contributed by atoms with Crippen molar-refractivity contribution in [3.05, 3.63) is 27.9 Å². The number of ether oxygens (including phenoxy) is 1. The molecule has 0 aliphatic carbocycles. The van der Waals surface area contributed by atoms with Crippen LogP contribution in [0.1, 0.15) is 12.0 Å². The van der Waals surface area contributed by atoms with Crippen molar-refractivity contribution in [2.45, 2.75) is 6.43 Å². The van der Waals surface area contributed by atoms with E-state index in [1.54, 1.807) is 4.98 Å². The summed E-state index contributed by atoms with van der Waals surface area (Å²) in [6, 6.07) is 0.768. The van der Waals surface area contributed by atoms with Gasteiger partial charge in [0.2, 0.25) is 5.95 Å². The van der Waals surface area contributed by atoms with Crippen molar-refractivity contribution in [2.24, 2.45) is 0 Å². The van der Waals surface area contributed by atoms with Gasteiger partial charge in [0.05, 0.1) is 7.11 Å². The normalized spacial score (nSPS) is 10.5. The topological polar surface area (TPSA) is 42.1 Å². The van der Waals surface area contributed by atoms with Crippen molar-refractivity contribution in [2.75, 3.05) is 7.11 Å². The Bertz CT molecular complexity index is 361. The highest BCUT2D eigenvalue weighted by Gasteiger charge is 2.20. The number of halogens is 3. The van der Waals surface area contributed by atoms with Gasteiger partial charge in [0.25, 0.3) is 12.0 Å². The van der Waals surface area contributed by atoms with E-state index in [1.165, 1.54) is 0 Å². The van der Waals surface area contributed by atoms with Crippen LogP contribution in [0.3, 0.4) is 0 Å². The van der Waals surface area contributed by atoms with E-state index in [1.807, 2.05) is 0 Å². The molecule has 0 aromatic carbocycles. The Morgan fingerprint density at radius 1 is 1.54 bits per heavy atom. The minimum Gasteiger partial charge on any atom is -0.496 e. The fourth-order valence-corrected chi connectivity index (χ4v) is 0.889. The monoisotopic (exact) mass is 193 g/mol. The van der Waals surface area contributed by atoms with Crippen molar-refractivity contribution in [1.29, 1.82) is 0 Å². The third-order valence-electron chi connectivity index (χ3n) is 1.44. The number of hydrogen-bond acceptors (Lipinski definition) is 2. The van der Waals surface area contributed by atoms with Gasteiger partial charge in [-0.15, -0.1) is 0 Å². The minimum atomic E-state index is -3.02. The second-order valence-electron chi connectivity index (χ2n) is 2.23. The first-order valence-corrected chi connectivity index (χ1v) is 3.31. The van der Waals surface area contributed by atoms with Gasteiger partial charge in [-0.05, 0) is 0 Å². The van der Waals surface area contributed by atoms with Crippen LogP contribution in [0, 0.1) is 5.95 Å². The highest BCUT2D eigenvalue weighted by atomic mass is 19.3. The van der Waals surface area contributed by atoms with Crippen LogP contribution in [-0.4, -0.2) is 12.1 Å². The molecule has 1 rings (SSSR count). The summed E-state index contributed by atoms with van der Waals surface area (Å²) in [5.41, 5.74) is -1.75. The molecule has 0 aliphatic heterocycles. The second-order valence-corrected chi connectivity index (χ2v) is 2.23. The van der Waals surface area contributed by atoms with Crippen LogP contribution in [-0.2, 0) is 0 Å². The zero-order valence-corrected chi connectivity index (χ0v) is 6.61. The second kappa shape index (κ2) is 3.51. The Kier molecular flexibility index (Phi) is 2.60. The predicted molar refractivity (Wildman–Crippen MR) is 38.5 cm³/mol. The summed E-state index contributed by atoms with van der Waals surface area (Å²) in [6.45, 7) is 0. The van der Waals surface area contributed by atoms with Gasteiger partial charge in [0.15, 0.2) is 0 Å². The van der Waals surface area contributed by atoms with Gasteiger partial charge in [0, 0.05) is 6.07 Å². The summed E-state index contributed by atoms with van der Waals surface area (Å²) < 4.78 is 41.5. The molecule has 1 aromatic rings. The van der Waals surface area contributed by atoms with E-state index in [2.05, 4.69) is 4.74 Å². The average molecular weight is 193 g/mol. The molecule has 0 radical (unpaired) electrons. The fraction of sp³-hybridized carbons (Fsp3) is 0.286. The third kappa shape index (κ3) is 1.82. The number of hydrogen-bond donors (Lipinski definition) is 1. The molecule has 13 heavy (non-hydrogen) atoms. The summed E-state index contributed by atoms with van der Waals surface area (Å²) in [7, 11) is 1.08. The summed E-state index contributed by atoms with van der Waals surface area (Å²) in [5.74, 6) is -1.81. The number of aromatic amines is 1. The quantitative estimate of drug-likeness (QED) is 0.722. The number of alkyl halides is 2. The molecule has 0 fully saturated rings. The molecule has 72 valence electrons. The Labute approximate surface area is 71.2 Å². The van der Waals surface area contributed by atoms with Crippen molar-refractivity contribution in [1.82, 2.24) is 4.98 Å². The highest BCUT2D eigenvalue weighted by molar-refractivity contribution is 5.31. The molecule has 3 nitrogen and oxygen atoms in total. The maximum Gasteiger partial charge on any atom is 0.271 e. The van der Waals surface area contributed by atoms with Gasteiger partial charge < -0.3 is 4.74 Å². The van der Waals surface area contributed by atoms with Crippen LogP contribution < -0.4 is 10.3 Å². The van der Waals surface area contributed by atoms with E-state index in [4.69, 9.17) is 0 Å². The van der Waals surface area contributed by atoms with Crippen LogP contribution in [0.25, 0.3) is 0 Å². The van der Waals surface area contributed by atoms with Crippen LogP contribution in [0.5, 0.6) is 5.75 Å². The van der Waals surface area contributed by atoms with E-state index in [0.29, 0.717) is 0 Å². The molecule has 0 aliphatic rings. The van der Waals surface area contributed by atoms with Gasteiger partial charge in [0.1, 0.15) is 11.3 Å². The van der Waals surface area contributed by atoms with Crippen LogP contribution in [0.2, 0.25) is 0 Å². The molecule has 0 amide bonds. The lowest BCUT2D eigenvalue weighted by atomic mass is 10.2. The maximum absolute atomic E-state index is 12.7. The first-order valence-electron chi connectivity index (χ1n) is 3.31. The van der Waals surface area contributed by atoms with Gasteiger partial charge >= 0.3 is 0 Å². The number of pyridine rings is 1. The van der Waals surface area contributed by atoms with Crippen molar-refractivity contribution < 1.29 is 17.9 Å². The predicted octanol–water partition coefficient (Wildman–Crippen LogP) is 1.46. The molecule has 1 aromatic heterocycles. The lowest BCUT2D eigenvalue weighted by molar-refractivity contribution is 0.140. The van der Waals surface area contributed by atoms with E-state index >= 15 is 0 Å². The third-order valence-corrected chi connectivity index (χ3v) is 1.44. The first-order chi connectivity index (χ1) is 6.06. The van der Waals surface area contributed by atoms with E-state index in [-0.39, 0.29) is 0 Å². The van der Waals surface area contributed by atoms with Crippen LogP contribution in [0.4, 0.5) is 13.2 Å². The molecule has 0 atom stereocenters. The minimum absolute atomic E-state index is 0.448. The number of aromatic nitrogens is 1. The molecule has 0 bridgehead atoms. The largest absolute Gasteiger partial charge is 0.496 e. The smallest absolute Gasteiger partial charge is 0.271 e. The molecule has 1 heterocycles. The van der Waals surface area contributed by atoms with Crippen LogP contribution in [0.15, 0.2) is 10.9 Å². The Hall–Kier alpha value is -1.46. The lowest BCUT2D eigenvalue weighted by Crippen LogP contribution is -2.11. The van der Waals surface area contributed by atoms with E-state index in [9.17, 15) is 18.0 Å². The molecule has 0 saturated heterocycles. The Morgan fingerprint density at radius 3 is 2.62 bits per heavy atom. The van der Waals surface area contributed by atoms with Gasteiger partial charge in [-0.3, -0.25) is 9.78 Å². The maximum atomic E-state index is 12.7. The number of rotatable bonds is 2. The van der Waals surface area contributed by atoms with Crippen molar-refractivity contribution in [3.63, 3.8) is 0 Å². The average Bonchev–Trinajstić information content (AvgIpc) is 2.01. The molecule has 1 N–H and O–H groups in total. The summed E-state index contributed by atoms with van der Waals surface area (Å²) in [5, 5.41) is 0. The zero-order chi connectivity index (χ0) is 10.0. The van der Waals surface area contributed by atoms with Crippen LogP contribution >= 0.6 is 0 Å². The summed E-state index contributed by atoms with van der Waals surface area (Å²) in [4.78, 5) is 12.2. The number of methoxy groups -OCH3 is 1. The van der Waals surface area contributed by atoms with Gasteiger partial charge in [-0.2, -0.15) is 4.39 Å². The van der Waals surface area contributed by atoms with E-state index in [0.717, 1.165) is 13.2 Å². The van der Waals surface area contributed by atoms with E-state index < -0.39 is 29.2 Å². The molecule has 0 spiro atoms. The lowest BCUT2D eigenvalue weighted by Gasteiger charge is -2.06. The molecular formula is C7H6F3NO2. The summed E-state index contributed by atoms with van der Waals surface area (Å²) >= 11 is 0. The van der Waals surface area contributed by atoms with Gasteiger partial charge in [-0.1, -0.05) is 0 Å². The Morgan fingerprint density at radius 2 is 2.15 bits per heavy atom. The number of nitrogens with one attached hydrogen (secondary N) is 1. The Balaban J connectivity index is 3.38. The zero-order valence-electron chi connectivity index (χ0n) is 6.61. The van der Waals surface area contributed by atoms with Crippen molar-refractivity contribution in [3.8, 4) is 5.75 Å². The first kappa shape index (κ1) is 9.63. The fourth-order valence-electron chi connectivity index (χ4n) is 0.889. The SMILES string of the molecule is COc1cc(=O)[nH]c(F)c1C(F)F. The summed E-state index contributed by atoms with van der Waals surface area (Å²) in [6.07, 6.45) is -3.02. The highest BCUT2D eigenvalue weighted by Crippen LogP contribution is 2.28. The molecular weight excluding hydrogens is 187 g/mol. The number of H-pyrrole nitrogens is 1. The van der Waals surface area contributed by atoms with Gasteiger partial charge in [-0.25, -0.2) is 8.78 Å².